The van der Waals surface area contributed by atoms with E-state index in [4.69, 9.17) is 0 Å². The van der Waals surface area contributed by atoms with Crippen LogP contribution in [0.25, 0.3) is 73.4 Å². The largest absolute Gasteiger partial charge is 0.310 e. The van der Waals surface area contributed by atoms with Gasteiger partial charge < -0.3 is 4.90 Å². The minimum absolute atomic E-state index is 1.13. The standard InChI is InChI=1S/C46H29NS2/c1-2-11-31-26-33(23-22-30(31)10-1)32-12-7-14-35(27-32)47(37-24-25-44-41(29-37)39-16-3-5-19-42(39)48-44)36-15-8-13-34(28-36)38-18-9-21-45-46(38)40-17-4-6-20-43(40)49-45/h1-29H. The quantitative estimate of drug-likeness (QED) is 0.178. The van der Waals surface area contributed by atoms with Gasteiger partial charge in [0.15, 0.2) is 0 Å². The summed E-state index contributed by atoms with van der Waals surface area (Å²) in [5, 5.41) is 7.75. The van der Waals surface area contributed by atoms with Crippen LogP contribution in [-0.4, -0.2) is 0 Å². The summed E-state index contributed by atoms with van der Waals surface area (Å²) in [6.07, 6.45) is 0. The van der Waals surface area contributed by atoms with E-state index in [1.807, 2.05) is 22.7 Å². The van der Waals surface area contributed by atoms with Crippen LogP contribution in [0.2, 0.25) is 0 Å². The van der Waals surface area contributed by atoms with Crippen LogP contribution in [0.4, 0.5) is 17.1 Å². The van der Waals surface area contributed by atoms with Crippen LogP contribution in [0, 0.1) is 0 Å². The number of hydrogen-bond donors (Lipinski definition) is 0. The molecule has 0 unspecified atom stereocenters. The number of hydrogen-bond acceptors (Lipinski definition) is 3. The van der Waals surface area contributed by atoms with E-state index in [9.17, 15) is 0 Å². The van der Waals surface area contributed by atoms with E-state index in [0.717, 1.165) is 17.1 Å². The lowest BCUT2D eigenvalue weighted by atomic mass is 9.98. The van der Waals surface area contributed by atoms with Crippen molar-refractivity contribution in [1.82, 2.24) is 0 Å². The molecule has 0 saturated carbocycles. The molecule has 0 aliphatic rings. The molecule has 3 heteroatoms. The summed E-state index contributed by atoms with van der Waals surface area (Å²) < 4.78 is 5.26. The van der Waals surface area contributed by atoms with Gasteiger partial charge in [0.2, 0.25) is 0 Å². The van der Waals surface area contributed by atoms with Crippen molar-refractivity contribution in [2.75, 3.05) is 4.90 Å². The third-order valence-electron chi connectivity index (χ3n) is 9.62. The molecular weight excluding hydrogens is 631 g/mol. The van der Waals surface area contributed by atoms with Gasteiger partial charge in [-0.1, -0.05) is 109 Å². The van der Waals surface area contributed by atoms with Gasteiger partial charge in [-0.3, -0.25) is 0 Å². The van der Waals surface area contributed by atoms with Crippen molar-refractivity contribution in [2.45, 2.75) is 0 Å². The summed E-state index contributed by atoms with van der Waals surface area (Å²) >= 11 is 3.73. The Labute approximate surface area is 292 Å². The van der Waals surface area contributed by atoms with Gasteiger partial charge in [0.25, 0.3) is 0 Å². The molecule has 0 spiro atoms. The van der Waals surface area contributed by atoms with E-state index in [2.05, 4.69) is 181 Å². The van der Waals surface area contributed by atoms with Gasteiger partial charge in [0, 0.05) is 57.4 Å². The van der Waals surface area contributed by atoms with Crippen molar-refractivity contribution in [1.29, 1.82) is 0 Å². The highest BCUT2D eigenvalue weighted by Crippen LogP contribution is 2.44. The average molecular weight is 660 g/mol. The Morgan fingerprint density at radius 1 is 0.327 bits per heavy atom. The second-order valence-corrected chi connectivity index (χ2v) is 14.7. The molecule has 8 aromatic carbocycles. The molecule has 0 fully saturated rings. The van der Waals surface area contributed by atoms with Crippen LogP contribution in [0.1, 0.15) is 0 Å². The van der Waals surface area contributed by atoms with Gasteiger partial charge in [-0.15, -0.1) is 22.7 Å². The summed E-state index contributed by atoms with van der Waals surface area (Å²) in [4.78, 5) is 2.42. The SMILES string of the molecule is c1cc(-c2ccc3ccccc3c2)cc(N(c2cccc(-c3cccc4sc5ccccc5c34)c2)c2ccc3sc4ccccc4c3c2)c1. The fourth-order valence-electron chi connectivity index (χ4n) is 7.32. The number of rotatable bonds is 5. The van der Waals surface area contributed by atoms with E-state index in [-0.39, 0.29) is 0 Å². The lowest BCUT2D eigenvalue weighted by molar-refractivity contribution is 1.29. The van der Waals surface area contributed by atoms with Crippen LogP contribution in [0.5, 0.6) is 0 Å². The van der Waals surface area contributed by atoms with Crippen molar-refractivity contribution in [3.8, 4) is 22.3 Å². The molecule has 0 bridgehead atoms. The third-order valence-corrected chi connectivity index (χ3v) is 11.9. The van der Waals surface area contributed by atoms with Gasteiger partial charge in [0.05, 0.1) is 0 Å². The molecule has 0 saturated heterocycles. The molecule has 0 N–H and O–H groups in total. The smallest absolute Gasteiger partial charge is 0.0468 e. The molecule has 2 aromatic heterocycles. The van der Waals surface area contributed by atoms with E-state index < -0.39 is 0 Å². The van der Waals surface area contributed by atoms with E-state index in [1.165, 1.54) is 73.4 Å². The molecule has 10 rings (SSSR count). The van der Waals surface area contributed by atoms with Crippen molar-refractivity contribution >= 4 is 90.9 Å². The van der Waals surface area contributed by atoms with Crippen LogP contribution in [0.15, 0.2) is 176 Å². The van der Waals surface area contributed by atoms with Gasteiger partial charge >= 0.3 is 0 Å². The Morgan fingerprint density at radius 3 is 1.78 bits per heavy atom. The Balaban J connectivity index is 1.17. The van der Waals surface area contributed by atoms with Crippen molar-refractivity contribution in [3.05, 3.63) is 176 Å². The minimum atomic E-state index is 1.13. The second-order valence-electron chi connectivity index (χ2n) is 12.6. The Kier molecular flexibility index (Phi) is 6.61. The molecule has 2 heterocycles. The zero-order valence-corrected chi connectivity index (χ0v) is 28.1. The zero-order valence-electron chi connectivity index (χ0n) is 26.5. The maximum Gasteiger partial charge on any atom is 0.0468 e. The molecule has 0 radical (unpaired) electrons. The van der Waals surface area contributed by atoms with Gasteiger partial charge in [-0.25, -0.2) is 0 Å². The number of anilines is 3. The fourth-order valence-corrected chi connectivity index (χ4v) is 9.54. The van der Waals surface area contributed by atoms with Crippen LogP contribution in [-0.2, 0) is 0 Å². The first-order chi connectivity index (χ1) is 24.3. The van der Waals surface area contributed by atoms with E-state index in [1.54, 1.807) is 0 Å². The molecule has 1 nitrogen and oxygen atoms in total. The average Bonchev–Trinajstić information content (AvgIpc) is 3.73. The maximum absolute atomic E-state index is 2.42. The highest BCUT2D eigenvalue weighted by atomic mass is 32.1. The topological polar surface area (TPSA) is 3.24 Å². The highest BCUT2D eigenvalue weighted by Gasteiger charge is 2.18. The first kappa shape index (κ1) is 28.3. The van der Waals surface area contributed by atoms with Crippen LogP contribution in [0.3, 0.4) is 0 Å². The van der Waals surface area contributed by atoms with Gasteiger partial charge in [-0.05, 0) is 99.8 Å². The second kappa shape index (κ2) is 11.5. The number of nitrogens with zero attached hydrogens (tertiary/aromatic N) is 1. The molecule has 0 atom stereocenters. The number of fused-ring (bicyclic) bond motifs is 7. The summed E-state index contributed by atoms with van der Waals surface area (Å²) in [7, 11) is 0. The van der Waals surface area contributed by atoms with Crippen molar-refractivity contribution in [2.24, 2.45) is 0 Å². The molecule has 0 aliphatic carbocycles. The Bertz CT molecular complexity index is 2860. The summed E-state index contributed by atoms with van der Waals surface area (Å²) in [5.41, 5.74) is 8.28. The lowest BCUT2D eigenvalue weighted by Gasteiger charge is -2.27. The van der Waals surface area contributed by atoms with Crippen molar-refractivity contribution < 1.29 is 0 Å². The molecular formula is C46H29NS2. The minimum Gasteiger partial charge on any atom is -0.310 e. The number of thiophene rings is 2. The third kappa shape index (κ3) is 4.82. The first-order valence-electron chi connectivity index (χ1n) is 16.6. The zero-order chi connectivity index (χ0) is 32.3. The molecule has 10 aromatic rings. The first-order valence-corrected chi connectivity index (χ1v) is 18.2. The summed E-state index contributed by atoms with van der Waals surface area (Å²) in [6, 6.07) is 64.6. The van der Waals surface area contributed by atoms with Gasteiger partial charge in [-0.2, -0.15) is 0 Å². The van der Waals surface area contributed by atoms with E-state index >= 15 is 0 Å². The van der Waals surface area contributed by atoms with Crippen LogP contribution < -0.4 is 4.90 Å². The predicted octanol–water partition coefficient (Wildman–Crippen LogP) is 14.4. The highest BCUT2D eigenvalue weighted by molar-refractivity contribution is 7.26. The Hall–Kier alpha value is -5.74. The Morgan fingerprint density at radius 2 is 0.918 bits per heavy atom. The van der Waals surface area contributed by atoms with E-state index in [0.29, 0.717) is 0 Å². The monoisotopic (exact) mass is 659 g/mol. The van der Waals surface area contributed by atoms with Crippen molar-refractivity contribution in [3.63, 3.8) is 0 Å². The molecule has 49 heavy (non-hydrogen) atoms. The lowest BCUT2D eigenvalue weighted by Crippen LogP contribution is -2.10. The molecule has 0 aliphatic heterocycles. The molecule has 230 valence electrons. The maximum atomic E-state index is 2.42. The summed E-state index contributed by atoms with van der Waals surface area (Å²) in [5.74, 6) is 0. The predicted molar refractivity (Wildman–Crippen MR) is 215 cm³/mol. The summed E-state index contributed by atoms with van der Waals surface area (Å²) in [6.45, 7) is 0. The van der Waals surface area contributed by atoms with Crippen LogP contribution >= 0.6 is 22.7 Å². The normalized spacial score (nSPS) is 11.7. The fraction of sp³-hybridized carbons (Fsp3) is 0. The molecule has 0 amide bonds. The van der Waals surface area contributed by atoms with Gasteiger partial charge in [0.1, 0.15) is 0 Å². The number of benzene rings is 8.